The van der Waals surface area contributed by atoms with E-state index in [0.29, 0.717) is 5.57 Å². The number of rotatable bonds is 3. The smallest absolute Gasteiger partial charge is 0.151 e. The van der Waals surface area contributed by atoms with Crippen molar-refractivity contribution in [1.82, 2.24) is 0 Å². The Hall–Kier alpha value is -0.350. The largest absolute Gasteiger partial charge is 0.392 e. The summed E-state index contributed by atoms with van der Waals surface area (Å²) in [4.78, 5) is 0. The van der Waals surface area contributed by atoms with Crippen LogP contribution in [0.15, 0.2) is 11.6 Å². The highest BCUT2D eigenvalue weighted by molar-refractivity contribution is 7.90. The number of aliphatic hydroxyl groups is 1. The Morgan fingerprint density at radius 3 is 2.40 bits per heavy atom. The molecule has 0 unspecified atom stereocenters. The Morgan fingerprint density at radius 1 is 1.60 bits per heavy atom. The summed E-state index contributed by atoms with van der Waals surface area (Å²) in [6.45, 7) is 1.58. The fraction of sp³-hybridized carbons (Fsp3) is 0.667. The van der Waals surface area contributed by atoms with Crippen LogP contribution in [-0.2, 0) is 9.84 Å². The molecule has 0 aliphatic carbocycles. The van der Waals surface area contributed by atoms with Gasteiger partial charge in [-0.2, -0.15) is 0 Å². The normalized spacial score (nSPS) is 13.7. The maximum Gasteiger partial charge on any atom is 0.151 e. The predicted molar refractivity (Wildman–Crippen MR) is 40.6 cm³/mol. The van der Waals surface area contributed by atoms with Crippen molar-refractivity contribution in [2.75, 3.05) is 18.6 Å². The predicted octanol–water partition coefficient (Wildman–Crippen LogP) is -0.0304. The first-order valence-electron chi connectivity index (χ1n) is 2.90. The van der Waals surface area contributed by atoms with Gasteiger partial charge in [-0.15, -0.1) is 0 Å². The van der Waals surface area contributed by atoms with Crippen LogP contribution >= 0.6 is 0 Å². The lowest BCUT2D eigenvalue weighted by Crippen LogP contribution is -2.04. The van der Waals surface area contributed by atoms with Crippen LogP contribution in [0.25, 0.3) is 0 Å². The average molecular weight is 164 g/mol. The van der Waals surface area contributed by atoms with Crippen molar-refractivity contribution in [2.24, 2.45) is 0 Å². The summed E-state index contributed by atoms with van der Waals surface area (Å²) >= 11 is 0. The SMILES string of the molecule is C/C(=C\CO)CS(C)(=O)=O. The third-order valence-electron chi connectivity index (χ3n) is 0.930. The lowest BCUT2D eigenvalue weighted by atomic mass is 10.3. The van der Waals surface area contributed by atoms with Gasteiger partial charge < -0.3 is 5.11 Å². The highest BCUT2D eigenvalue weighted by atomic mass is 32.2. The molecule has 0 aromatic rings. The van der Waals surface area contributed by atoms with Crippen LogP contribution in [0.3, 0.4) is 0 Å². The Bertz CT molecular complexity index is 213. The van der Waals surface area contributed by atoms with Crippen molar-refractivity contribution in [3.63, 3.8) is 0 Å². The molecule has 4 heteroatoms. The molecule has 60 valence electrons. The van der Waals surface area contributed by atoms with Crippen LogP contribution in [0.2, 0.25) is 0 Å². The van der Waals surface area contributed by atoms with Crippen molar-refractivity contribution in [3.05, 3.63) is 11.6 Å². The molecule has 0 amide bonds. The monoisotopic (exact) mass is 164 g/mol. The molecule has 0 heterocycles. The fourth-order valence-corrected chi connectivity index (χ4v) is 1.57. The second-order valence-electron chi connectivity index (χ2n) is 2.30. The minimum atomic E-state index is -2.92. The van der Waals surface area contributed by atoms with E-state index in [9.17, 15) is 8.42 Å². The Balaban J connectivity index is 4.05. The summed E-state index contributed by atoms with van der Waals surface area (Å²) in [6, 6.07) is 0. The van der Waals surface area contributed by atoms with Gasteiger partial charge in [-0.3, -0.25) is 0 Å². The molecule has 0 saturated heterocycles. The van der Waals surface area contributed by atoms with Crippen LogP contribution in [0.5, 0.6) is 0 Å². The average Bonchev–Trinajstić information content (AvgIpc) is 1.59. The van der Waals surface area contributed by atoms with E-state index in [1.807, 2.05) is 0 Å². The molecule has 0 bridgehead atoms. The van der Waals surface area contributed by atoms with Crippen molar-refractivity contribution < 1.29 is 13.5 Å². The van der Waals surface area contributed by atoms with Gasteiger partial charge in [0.25, 0.3) is 0 Å². The zero-order chi connectivity index (χ0) is 8.20. The summed E-state index contributed by atoms with van der Waals surface area (Å²) in [7, 11) is -2.92. The van der Waals surface area contributed by atoms with E-state index in [1.54, 1.807) is 6.92 Å². The zero-order valence-electron chi connectivity index (χ0n) is 6.16. The molecule has 0 aromatic heterocycles. The summed E-state index contributed by atoms with van der Waals surface area (Å²) < 4.78 is 21.2. The summed E-state index contributed by atoms with van der Waals surface area (Å²) in [6.07, 6.45) is 2.66. The van der Waals surface area contributed by atoms with Gasteiger partial charge in [-0.1, -0.05) is 11.6 Å². The number of hydrogen-bond donors (Lipinski definition) is 1. The van der Waals surface area contributed by atoms with E-state index < -0.39 is 9.84 Å². The molecule has 0 aliphatic rings. The van der Waals surface area contributed by atoms with Crippen LogP contribution in [-0.4, -0.2) is 32.1 Å². The first-order valence-corrected chi connectivity index (χ1v) is 4.96. The van der Waals surface area contributed by atoms with Gasteiger partial charge in [0.15, 0.2) is 9.84 Å². The van der Waals surface area contributed by atoms with E-state index in [0.717, 1.165) is 0 Å². The summed E-state index contributed by atoms with van der Waals surface area (Å²) in [5.74, 6) is 0.0353. The third kappa shape index (κ3) is 5.78. The molecule has 0 aromatic carbocycles. The molecular formula is C6H12O3S. The van der Waals surface area contributed by atoms with Crippen LogP contribution in [0.4, 0.5) is 0 Å². The van der Waals surface area contributed by atoms with Crippen molar-refractivity contribution in [2.45, 2.75) is 6.92 Å². The first kappa shape index (κ1) is 9.65. The molecule has 0 atom stereocenters. The van der Waals surface area contributed by atoms with Gasteiger partial charge in [-0.05, 0) is 6.92 Å². The summed E-state index contributed by atoms with van der Waals surface area (Å²) in [5.41, 5.74) is 0.685. The van der Waals surface area contributed by atoms with Gasteiger partial charge in [-0.25, -0.2) is 8.42 Å². The fourth-order valence-electron chi connectivity index (χ4n) is 0.628. The molecule has 3 nitrogen and oxygen atoms in total. The molecular weight excluding hydrogens is 152 g/mol. The van der Waals surface area contributed by atoms with Gasteiger partial charge >= 0.3 is 0 Å². The number of sulfone groups is 1. The summed E-state index contributed by atoms with van der Waals surface area (Å²) in [5, 5.41) is 8.36. The van der Waals surface area contributed by atoms with Gasteiger partial charge in [0.05, 0.1) is 12.4 Å². The Morgan fingerprint density at radius 2 is 2.10 bits per heavy atom. The molecule has 0 aliphatic heterocycles. The van der Waals surface area contributed by atoms with E-state index in [2.05, 4.69) is 0 Å². The minimum Gasteiger partial charge on any atom is -0.392 e. The highest BCUT2D eigenvalue weighted by Gasteiger charge is 2.01. The number of aliphatic hydroxyl groups excluding tert-OH is 1. The molecule has 0 saturated carbocycles. The second-order valence-corrected chi connectivity index (χ2v) is 4.44. The molecule has 0 spiro atoms. The highest BCUT2D eigenvalue weighted by Crippen LogP contribution is 1.96. The van der Waals surface area contributed by atoms with Crippen molar-refractivity contribution in [3.8, 4) is 0 Å². The first-order chi connectivity index (χ1) is 4.45. The van der Waals surface area contributed by atoms with E-state index in [4.69, 9.17) is 5.11 Å². The van der Waals surface area contributed by atoms with E-state index in [1.165, 1.54) is 12.3 Å². The van der Waals surface area contributed by atoms with Crippen molar-refractivity contribution in [1.29, 1.82) is 0 Å². The Labute approximate surface area is 61.3 Å². The van der Waals surface area contributed by atoms with Gasteiger partial charge in [0.2, 0.25) is 0 Å². The van der Waals surface area contributed by atoms with Crippen LogP contribution < -0.4 is 0 Å². The lowest BCUT2D eigenvalue weighted by Gasteiger charge is -1.96. The standard InChI is InChI=1S/C6H12O3S/c1-6(3-4-7)5-10(2,8)9/h3,7H,4-5H2,1-2H3/b6-3+. The van der Waals surface area contributed by atoms with E-state index >= 15 is 0 Å². The van der Waals surface area contributed by atoms with Crippen LogP contribution in [0, 0.1) is 0 Å². The zero-order valence-corrected chi connectivity index (χ0v) is 6.98. The van der Waals surface area contributed by atoms with Gasteiger partial charge in [0.1, 0.15) is 0 Å². The van der Waals surface area contributed by atoms with Gasteiger partial charge in [0, 0.05) is 6.26 Å². The lowest BCUT2D eigenvalue weighted by molar-refractivity contribution is 0.342. The van der Waals surface area contributed by atoms with Crippen molar-refractivity contribution >= 4 is 9.84 Å². The number of hydrogen-bond acceptors (Lipinski definition) is 3. The quantitative estimate of drug-likeness (QED) is 0.596. The third-order valence-corrected chi connectivity index (χ3v) is 1.91. The second kappa shape index (κ2) is 3.73. The van der Waals surface area contributed by atoms with Crippen LogP contribution in [0.1, 0.15) is 6.92 Å². The maximum absolute atomic E-state index is 10.6. The molecule has 0 rings (SSSR count). The molecule has 10 heavy (non-hydrogen) atoms. The molecule has 1 N–H and O–H groups in total. The Kier molecular flexibility index (Phi) is 3.60. The topological polar surface area (TPSA) is 54.4 Å². The minimum absolute atomic E-state index is 0.0353. The maximum atomic E-state index is 10.6. The molecule has 0 radical (unpaired) electrons. The molecule has 0 fully saturated rings. The van der Waals surface area contributed by atoms with E-state index in [-0.39, 0.29) is 12.4 Å².